The Labute approximate surface area is 160 Å². The number of carbonyl (C=O) groups excluding carboxylic acids is 1. The molecule has 3 rings (SSSR count). The molecular weight excluding hydrogens is 367 g/mol. The van der Waals surface area contributed by atoms with E-state index in [2.05, 4.69) is 39.9 Å². The van der Waals surface area contributed by atoms with Gasteiger partial charge in [0.25, 0.3) is 0 Å². The van der Waals surface area contributed by atoms with Gasteiger partial charge in [0.2, 0.25) is 5.91 Å². The number of aryl methyl sites for hydroxylation is 1. The Balaban J connectivity index is 1.41. The topological polar surface area (TPSA) is 42.0 Å². The lowest BCUT2D eigenvalue weighted by Gasteiger charge is -2.06. The molecule has 3 nitrogen and oxygen atoms in total. The number of hydrogen-bond donors (Lipinski definition) is 1. The molecule has 0 aliphatic heterocycles. The normalized spacial score (nSPS) is 10.7. The Bertz CT molecular complexity index is 860. The Morgan fingerprint density at radius 3 is 2.54 bits per heavy atom. The predicted octanol–water partition coefficient (Wildman–Crippen LogP) is 4.71. The van der Waals surface area contributed by atoms with E-state index in [1.807, 2.05) is 6.92 Å². The van der Waals surface area contributed by atoms with E-state index in [9.17, 15) is 9.18 Å². The van der Waals surface area contributed by atoms with Gasteiger partial charge in [-0.2, -0.15) is 0 Å². The molecular formula is C20H19FN2OS2. The van der Waals surface area contributed by atoms with Gasteiger partial charge in [-0.05, 0) is 43.2 Å². The summed E-state index contributed by atoms with van der Waals surface area (Å²) in [6, 6.07) is 14.4. The highest BCUT2D eigenvalue weighted by atomic mass is 32.2. The second kappa shape index (κ2) is 8.96. The minimum absolute atomic E-state index is 0.0195. The van der Waals surface area contributed by atoms with Crippen LogP contribution in [-0.4, -0.2) is 23.2 Å². The fourth-order valence-electron chi connectivity index (χ4n) is 2.42. The van der Waals surface area contributed by atoms with Gasteiger partial charge >= 0.3 is 0 Å². The summed E-state index contributed by atoms with van der Waals surface area (Å²) in [5.74, 6) is 0.0388. The van der Waals surface area contributed by atoms with Crippen molar-refractivity contribution in [1.82, 2.24) is 10.3 Å². The highest BCUT2D eigenvalue weighted by molar-refractivity contribution is 8.00. The van der Waals surface area contributed by atoms with Crippen molar-refractivity contribution < 1.29 is 9.18 Å². The molecule has 1 aromatic heterocycles. The fraction of sp³-hybridized carbons (Fsp3) is 0.200. The summed E-state index contributed by atoms with van der Waals surface area (Å²) < 4.78 is 12.8. The molecule has 1 heterocycles. The van der Waals surface area contributed by atoms with Gasteiger partial charge in [-0.15, -0.1) is 23.1 Å². The SMILES string of the molecule is Cc1nc(-c2ccc(CCNC(=O)CSc3ccc(F)cc3)cc2)cs1. The van der Waals surface area contributed by atoms with Crippen molar-refractivity contribution >= 4 is 29.0 Å². The number of rotatable bonds is 7. The smallest absolute Gasteiger partial charge is 0.230 e. The summed E-state index contributed by atoms with van der Waals surface area (Å²) in [4.78, 5) is 17.3. The van der Waals surface area contributed by atoms with Crippen LogP contribution in [0.25, 0.3) is 11.3 Å². The van der Waals surface area contributed by atoms with Crippen molar-refractivity contribution in [3.05, 3.63) is 70.3 Å². The van der Waals surface area contributed by atoms with Crippen molar-refractivity contribution in [1.29, 1.82) is 0 Å². The lowest BCUT2D eigenvalue weighted by molar-refractivity contribution is -0.118. The first kappa shape index (κ1) is 18.6. The van der Waals surface area contributed by atoms with E-state index >= 15 is 0 Å². The summed E-state index contributed by atoms with van der Waals surface area (Å²) in [6.07, 6.45) is 0.781. The summed E-state index contributed by atoms with van der Waals surface area (Å²) in [5.41, 5.74) is 3.29. The second-order valence-electron chi connectivity index (χ2n) is 5.79. The van der Waals surface area contributed by atoms with Gasteiger partial charge in [0.05, 0.1) is 16.5 Å². The standard InChI is InChI=1S/C20H19FN2OS2/c1-14-23-19(12-25-14)16-4-2-15(3-5-16)10-11-22-20(24)13-26-18-8-6-17(21)7-9-18/h2-9,12H,10-11,13H2,1H3,(H,22,24). The first-order chi connectivity index (χ1) is 12.6. The summed E-state index contributed by atoms with van der Waals surface area (Å²) >= 11 is 3.05. The van der Waals surface area contributed by atoms with Crippen LogP contribution >= 0.6 is 23.1 Å². The molecule has 6 heteroatoms. The third kappa shape index (κ3) is 5.41. The van der Waals surface area contributed by atoms with Gasteiger partial charge in [-0.1, -0.05) is 24.3 Å². The van der Waals surface area contributed by atoms with Gasteiger partial charge in [0.15, 0.2) is 0 Å². The average molecular weight is 387 g/mol. The molecule has 2 aromatic carbocycles. The summed E-state index contributed by atoms with van der Waals surface area (Å²) in [7, 11) is 0. The maximum Gasteiger partial charge on any atom is 0.230 e. The molecule has 1 N–H and O–H groups in total. The van der Waals surface area contributed by atoms with Crippen molar-refractivity contribution in [2.45, 2.75) is 18.2 Å². The maximum absolute atomic E-state index is 12.8. The molecule has 0 atom stereocenters. The van der Waals surface area contributed by atoms with E-state index < -0.39 is 0 Å². The number of nitrogens with zero attached hydrogens (tertiary/aromatic N) is 1. The Hall–Kier alpha value is -2.18. The number of amides is 1. The number of hydrogen-bond acceptors (Lipinski definition) is 4. The van der Waals surface area contributed by atoms with E-state index in [4.69, 9.17) is 0 Å². The summed E-state index contributed by atoms with van der Waals surface area (Å²) in [6.45, 7) is 2.59. The number of halogens is 1. The number of thiazole rings is 1. The zero-order valence-electron chi connectivity index (χ0n) is 14.4. The minimum Gasteiger partial charge on any atom is -0.355 e. The van der Waals surface area contributed by atoms with Crippen LogP contribution in [0.5, 0.6) is 0 Å². The van der Waals surface area contributed by atoms with Crippen molar-refractivity contribution in [3.8, 4) is 11.3 Å². The number of thioether (sulfide) groups is 1. The third-order valence-corrected chi connectivity index (χ3v) is 5.57. The van der Waals surface area contributed by atoms with E-state index in [0.717, 1.165) is 27.6 Å². The molecule has 0 saturated heterocycles. The van der Waals surface area contributed by atoms with E-state index in [-0.39, 0.29) is 11.7 Å². The molecule has 26 heavy (non-hydrogen) atoms. The van der Waals surface area contributed by atoms with E-state index in [0.29, 0.717) is 12.3 Å². The molecule has 0 saturated carbocycles. The van der Waals surface area contributed by atoms with Crippen LogP contribution in [0.3, 0.4) is 0 Å². The first-order valence-corrected chi connectivity index (χ1v) is 10.1. The Morgan fingerprint density at radius 1 is 1.15 bits per heavy atom. The number of aromatic nitrogens is 1. The van der Waals surface area contributed by atoms with Gasteiger partial charge in [0, 0.05) is 22.4 Å². The largest absolute Gasteiger partial charge is 0.355 e. The molecule has 0 unspecified atom stereocenters. The van der Waals surface area contributed by atoms with Crippen LogP contribution in [0, 0.1) is 12.7 Å². The lowest BCUT2D eigenvalue weighted by Crippen LogP contribution is -2.27. The number of carbonyl (C=O) groups is 1. The van der Waals surface area contributed by atoms with Crippen LogP contribution in [0.1, 0.15) is 10.6 Å². The van der Waals surface area contributed by atoms with Crippen LogP contribution in [0.2, 0.25) is 0 Å². The van der Waals surface area contributed by atoms with E-state index in [1.165, 1.54) is 29.5 Å². The molecule has 0 radical (unpaired) electrons. The third-order valence-electron chi connectivity index (χ3n) is 3.79. The monoisotopic (exact) mass is 386 g/mol. The maximum atomic E-state index is 12.8. The van der Waals surface area contributed by atoms with E-state index in [1.54, 1.807) is 23.5 Å². The quantitative estimate of drug-likeness (QED) is 0.598. The number of benzene rings is 2. The van der Waals surface area contributed by atoms with Crippen molar-refractivity contribution in [2.24, 2.45) is 0 Å². The van der Waals surface area contributed by atoms with Crippen LogP contribution in [0.15, 0.2) is 58.8 Å². The van der Waals surface area contributed by atoms with Gasteiger partial charge in [-0.25, -0.2) is 9.37 Å². The Morgan fingerprint density at radius 2 is 1.88 bits per heavy atom. The van der Waals surface area contributed by atoms with Crippen molar-refractivity contribution in [2.75, 3.05) is 12.3 Å². The lowest BCUT2D eigenvalue weighted by atomic mass is 10.1. The van der Waals surface area contributed by atoms with Gasteiger partial charge in [0.1, 0.15) is 5.82 Å². The molecule has 1 amide bonds. The highest BCUT2D eigenvalue weighted by Gasteiger charge is 2.04. The molecule has 0 aliphatic carbocycles. The molecule has 134 valence electrons. The Kier molecular flexibility index (Phi) is 6.41. The molecule has 3 aromatic rings. The highest BCUT2D eigenvalue weighted by Crippen LogP contribution is 2.22. The van der Waals surface area contributed by atoms with Gasteiger partial charge in [-0.3, -0.25) is 4.79 Å². The van der Waals surface area contributed by atoms with Crippen LogP contribution < -0.4 is 5.32 Å². The molecule has 0 aliphatic rings. The average Bonchev–Trinajstić information content (AvgIpc) is 3.08. The second-order valence-corrected chi connectivity index (χ2v) is 7.90. The molecule has 0 bridgehead atoms. The van der Waals surface area contributed by atoms with Gasteiger partial charge < -0.3 is 5.32 Å². The predicted molar refractivity (Wildman–Crippen MR) is 106 cm³/mol. The van der Waals surface area contributed by atoms with Crippen LogP contribution in [-0.2, 0) is 11.2 Å². The fourth-order valence-corrected chi connectivity index (χ4v) is 3.77. The molecule has 0 spiro atoms. The van der Waals surface area contributed by atoms with Crippen LogP contribution in [0.4, 0.5) is 4.39 Å². The summed E-state index contributed by atoms with van der Waals surface area (Å²) in [5, 5.41) is 6.04. The zero-order chi connectivity index (χ0) is 18.4. The minimum atomic E-state index is -0.269. The molecule has 0 fully saturated rings. The zero-order valence-corrected chi connectivity index (χ0v) is 16.0. The first-order valence-electron chi connectivity index (χ1n) is 8.27. The van der Waals surface area contributed by atoms with Crippen molar-refractivity contribution in [3.63, 3.8) is 0 Å². The number of nitrogens with one attached hydrogen (secondary N) is 1.